The number of carbonyl (C=O) groups is 1. The Balaban J connectivity index is 1.49. The number of piperazine rings is 1. The van der Waals surface area contributed by atoms with Crippen molar-refractivity contribution in [1.29, 1.82) is 0 Å². The van der Waals surface area contributed by atoms with Gasteiger partial charge in [-0.05, 0) is 24.3 Å². The highest BCUT2D eigenvalue weighted by Crippen LogP contribution is 2.35. The largest absolute Gasteiger partial charge is 0.496 e. The first-order valence-corrected chi connectivity index (χ1v) is 9.56. The summed E-state index contributed by atoms with van der Waals surface area (Å²) in [4.78, 5) is 22.9. The van der Waals surface area contributed by atoms with E-state index >= 15 is 0 Å². The Hall–Kier alpha value is -3.07. The number of halogens is 3. The molecule has 3 heterocycles. The van der Waals surface area contributed by atoms with Crippen molar-refractivity contribution >= 4 is 16.9 Å². The van der Waals surface area contributed by atoms with Crippen LogP contribution in [0.4, 0.5) is 13.2 Å². The second kappa shape index (κ2) is 7.98. The van der Waals surface area contributed by atoms with E-state index in [9.17, 15) is 18.0 Å². The van der Waals surface area contributed by atoms with E-state index in [0.717, 1.165) is 0 Å². The lowest BCUT2D eigenvalue weighted by molar-refractivity contribution is -0.141. The monoisotopic (exact) mass is 418 g/mol. The zero-order chi connectivity index (χ0) is 21.3. The number of amides is 1. The fraction of sp³-hybridized carbons (Fsp3) is 0.333. The summed E-state index contributed by atoms with van der Waals surface area (Å²) in [6.45, 7) is 1.95. The summed E-state index contributed by atoms with van der Waals surface area (Å²) in [6.07, 6.45) is -3.03. The topological polar surface area (TPSA) is 61.5 Å². The third kappa shape index (κ3) is 3.85. The van der Waals surface area contributed by atoms with Gasteiger partial charge in [0.1, 0.15) is 17.1 Å². The zero-order valence-electron chi connectivity index (χ0n) is 16.4. The molecule has 0 spiro atoms. The predicted molar refractivity (Wildman–Crippen MR) is 105 cm³/mol. The quantitative estimate of drug-likeness (QED) is 0.704. The van der Waals surface area contributed by atoms with E-state index in [1.165, 1.54) is 13.3 Å². The number of carbonyl (C=O) groups excluding carboxylic acids is 1. The van der Waals surface area contributed by atoms with Gasteiger partial charge in [0.05, 0.1) is 12.7 Å². The third-order valence-electron chi connectivity index (χ3n) is 5.34. The van der Waals surface area contributed by atoms with E-state index in [-0.39, 0.29) is 23.7 Å². The van der Waals surface area contributed by atoms with Gasteiger partial charge < -0.3 is 14.6 Å². The first kappa shape index (κ1) is 20.2. The fourth-order valence-electron chi connectivity index (χ4n) is 3.81. The lowest BCUT2D eigenvalue weighted by Gasteiger charge is -2.35. The van der Waals surface area contributed by atoms with Gasteiger partial charge in [-0.15, -0.1) is 0 Å². The average Bonchev–Trinajstić information content (AvgIpc) is 3.13. The number of alkyl halides is 3. The molecule has 6 nitrogen and oxygen atoms in total. The highest BCUT2D eigenvalue weighted by atomic mass is 19.4. The molecule has 1 amide bonds. The van der Waals surface area contributed by atoms with Crippen molar-refractivity contribution in [2.24, 2.45) is 0 Å². The van der Waals surface area contributed by atoms with Crippen LogP contribution in [0.25, 0.3) is 11.0 Å². The van der Waals surface area contributed by atoms with Gasteiger partial charge in [0.2, 0.25) is 0 Å². The molecule has 0 aliphatic carbocycles. The summed E-state index contributed by atoms with van der Waals surface area (Å²) >= 11 is 0. The lowest BCUT2D eigenvalue weighted by atomic mass is 10.1. The van der Waals surface area contributed by atoms with Gasteiger partial charge in [0, 0.05) is 49.9 Å². The number of ether oxygens (including phenoxy) is 1. The van der Waals surface area contributed by atoms with Crippen molar-refractivity contribution in [3.63, 3.8) is 0 Å². The van der Waals surface area contributed by atoms with Gasteiger partial charge in [-0.2, -0.15) is 13.2 Å². The number of aromatic nitrogens is 2. The Morgan fingerprint density at radius 3 is 2.57 bits per heavy atom. The van der Waals surface area contributed by atoms with Crippen molar-refractivity contribution < 1.29 is 22.7 Å². The van der Waals surface area contributed by atoms with Crippen LogP contribution < -0.4 is 4.74 Å². The molecule has 30 heavy (non-hydrogen) atoms. The van der Waals surface area contributed by atoms with E-state index < -0.39 is 11.9 Å². The van der Waals surface area contributed by atoms with Crippen molar-refractivity contribution in [3.05, 3.63) is 59.4 Å². The Bertz CT molecular complexity index is 1060. The van der Waals surface area contributed by atoms with Crippen molar-refractivity contribution in [1.82, 2.24) is 19.8 Å². The van der Waals surface area contributed by atoms with E-state index in [1.807, 2.05) is 4.90 Å². The molecular weight excluding hydrogens is 397 g/mol. The van der Waals surface area contributed by atoms with Crippen LogP contribution in [0.1, 0.15) is 21.6 Å². The van der Waals surface area contributed by atoms with Gasteiger partial charge >= 0.3 is 6.18 Å². The molecular formula is C21H21F3N4O2. The number of nitrogens with zero attached hydrogens (tertiary/aromatic N) is 3. The van der Waals surface area contributed by atoms with E-state index in [0.29, 0.717) is 42.9 Å². The normalized spacial score (nSPS) is 15.5. The highest BCUT2D eigenvalue weighted by molar-refractivity contribution is 5.97. The lowest BCUT2D eigenvalue weighted by Crippen LogP contribution is -2.48. The molecule has 3 aromatic rings. The molecule has 1 N–H and O–H groups in total. The first-order valence-electron chi connectivity index (χ1n) is 9.56. The molecule has 0 unspecified atom stereocenters. The Morgan fingerprint density at radius 2 is 1.87 bits per heavy atom. The summed E-state index contributed by atoms with van der Waals surface area (Å²) in [5.74, 6) is 0.366. The summed E-state index contributed by atoms with van der Waals surface area (Å²) < 4.78 is 45.8. The Morgan fingerprint density at radius 1 is 1.13 bits per heavy atom. The molecule has 1 fully saturated rings. The number of H-pyrrole nitrogens is 1. The summed E-state index contributed by atoms with van der Waals surface area (Å²) in [5, 5.41) is 0.470. The molecule has 4 rings (SSSR count). The van der Waals surface area contributed by atoms with Gasteiger partial charge in [-0.25, -0.2) is 4.98 Å². The number of aromatic amines is 1. The second-order valence-corrected chi connectivity index (χ2v) is 7.14. The minimum atomic E-state index is -4.49. The summed E-state index contributed by atoms with van der Waals surface area (Å²) in [6, 6.07) is 10.3. The molecule has 0 bridgehead atoms. The minimum Gasteiger partial charge on any atom is -0.496 e. The molecule has 1 aromatic carbocycles. The molecule has 1 aliphatic rings. The van der Waals surface area contributed by atoms with E-state index in [2.05, 4.69) is 9.97 Å². The first-order chi connectivity index (χ1) is 14.4. The SMILES string of the molecule is COc1ccccc1C(=O)N1CCN(Cc2c(C(F)(F)F)[nH]c3ncccc23)CC1. The fourth-order valence-corrected chi connectivity index (χ4v) is 3.81. The number of benzene rings is 1. The molecule has 0 atom stereocenters. The number of pyridine rings is 1. The van der Waals surface area contributed by atoms with E-state index in [1.54, 1.807) is 41.3 Å². The molecule has 9 heteroatoms. The van der Waals surface area contributed by atoms with Gasteiger partial charge in [0.25, 0.3) is 5.91 Å². The molecule has 1 saturated heterocycles. The van der Waals surface area contributed by atoms with Gasteiger partial charge in [0.15, 0.2) is 0 Å². The third-order valence-corrected chi connectivity index (χ3v) is 5.34. The van der Waals surface area contributed by atoms with Crippen LogP contribution in [-0.4, -0.2) is 59.0 Å². The molecule has 1 aliphatic heterocycles. The van der Waals surface area contributed by atoms with Crippen LogP contribution in [0, 0.1) is 0 Å². The number of hydrogen-bond acceptors (Lipinski definition) is 4. The zero-order valence-corrected chi connectivity index (χ0v) is 16.4. The van der Waals surface area contributed by atoms with Crippen molar-refractivity contribution in [3.8, 4) is 5.75 Å². The van der Waals surface area contributed by atoms with Crippen LogP contribution in [0.2, 0.25) is 0 Å². The summed E-state index contributed by atoms with van der Waals surface area (Å²) in [7, 11) is 1.51. The molecule has 0 radical (unpaired) electrons. The number of fused-ring (bicyclic) bond motifs is 1. The number of hydrogen-bond donors (Lipinski definition) is 1. The maximum Gasteiger partial charge on any atom is 0.431 e. The van der Waals surface area contributed by atoms with Crippen LogP contribution in [0.3, 0.4) is 0 Å². The van der Waals surface area contributed by atoms with Crippen molar-refractivity contribution in [2.45, 2.75) is 12.7 Å². The van der Waals surface area contributed by atoms with Crippen LogP contribution >= 0.6 is 0 Å². The Kier molecular flexibility index (Phi) is 5.38. The average molecular weight is 418 g/mol. The predicted octanol–water partition coefficient (Wildman–Crippen LogP) is 3.55. The van der Waals surface area contributed by atoms with Gasteiger partial charge in [-0.3, -0.25) is 9.69 Å². The molecule has 2 aromatic heterocycles. The maximum atomic E-state index is 13.5. The standard InChI is InChI=1S/C21H21F3N4O2/c1-30-17-7-3-2-5-15(17)20(29)28-11-9-27(10-12-28)13-16-14-6-4-8-25-19(14)26-18(16)21(22,23)24/h2-8H,9-13H2,1H3,(H,25,26). The number of methoxy groups -OCH3 is 1. The van der Waals surface area contributed by atoms with Crippen LogP contribution in [0.5, 0.6) is 5.75 Å². The number of para-hydroxylation sites is 1. The second-order valence-electron chi connectivity index (χ2n) is 7.14. The van der Waals surface area contributed by atoms with Crippen LogP contribution in [0.15, 0.2) is 42.6 Å². The smallest absolute Gasteiger partial charge is 0.431 e. The molecule has 0 saturated carbocycles. The molecule has 158 valence electrons. The van der Waals surface area contributed by atoms with Crippen LogP contribution in [-0.2, 0) is 12.7 Å². The minimum absolute atomic E-state index is 0.136. The summed E-state index contributed by atoms with van der Waals surface area (Å²) in [5.41, 5.74) is 0.138. The Labute approximate surface area is 171 Å². The highest BCUT2D eigenvalue weighted by Gasteiger charge is 2.37. The number of rotatable bonds is 4. The maximum absolute atomic E-state index is 13.5. The number of nitrogens with one attached hydrogen (secondary N) is 1. The van der Waals surface area contributed by atoms with Crippen molar-refractivity contribution in [2.75, 3.05) is 33.3 Å². The van der Waals surface area contributed by atoms with E-state index in [4.69, 9.17) is 4.74 Å². The van der Waals surface area contributed by atoms with Gasteiger partial charge in [-0.1, -0.05) is 12.1 Å².